The van der Waals surface area contributed by atoms with Crippen molar-refractivity contribution in [3.05, 3.63) is 46.4 Å². The Hall–Kier alpha value is -1.68. The summed E-state index contributed by atoms with van der Waals surface area (Å²) in [5.41, 5.74) is 1.20. The number of aromatic nitrogens is 1. The second-order valence-electron chi connectivity index (χ2n) is 6.14. The SMILES string of the molecule is CCCCCCOc1ccc(C(CCC(C)=O)c2nccs2)cc1. The molecule has 1 heterocycles. The molecule has 1 aromatic heterocycles. The van der Waals surface area contributed by atoms with Crippen molar-refractivity contribution in [1.29, 1.82) is 0 Å². The molecule has 2 rings (SSSR count). The zero-order chi connectivity index (χ0) is 17.2. The van der Waals surface area contributed by atoms with Gasteiger partial charge in [-0.3, -0.25) is 0 Å². The molecule has 0 aliphatic rings. The van der Waals surface area contributed by atoms with Crippen molar-refractivity contribution in [1.82, 2.24) is 4.98 Å². The van der Waals surface area contributed by atoms with E-state index in [1.807, 2.05) is 23.7 Å². The van der Waals surface area contributed by atoms with E-state index in [9.17, 15) is 4.79 Å². The average Bonchev–Trinajstić information content (AvgIpc) is 3.10. The number of Topliss-reactive ketones (excluding diaryl/α,β-unsaturated/α-hetero) is 1. The predicted molar refractivity (Wildman–Crippen MR) is 100.0 cm³/mol. The van der Waals surface area contributed by atoms with Crippen LogP contribution in [0.25, 0.3) is 0 Å². The van der Waals surface area contributed by atoms with Crippen LogP contribution in [0.2, 0.25) is 0 Å². The quantitative estimate of drug-likeness (QED) is 0.497. The lowest BCUT2D eigenvalue weighted by atomic mass is 9.94. The van der Waals surface area contributed by atoms with E-state index in [0.717, 1.165) is 30.2 Å². The van der Waals surface area contributed by atoms with Crippen molar-refractivity contribution in [2.24, 2.45) is 0 Å². The molecule has 0 saturated carbocycles. The van der Waals surface area contributed by atoms with Crippen molar-refractivity contribution in [2.75, 3.05) is 6.61 Å². The van der Waals surface area contributed by atoms with Crippen molar-refractivity contribution >= 4 is 17.1 Å². The molecule has 0 fully saturated rings. The van der Waals surface area contributed by atoms with Gasteiger partial charge in [-0.1, -0.05) is 38.3 Å². The molecule has 1 unspecified atom stereocenters. The molecule has 3 nitrogen and oxygen atoms in total. The van der Waals surface area contributed by atoms with E-state index in [0.29, 0.717) is 6.42 Å². The van der Waals surface area contributed by atoms with Crippen LogP contribution in [0.15, 0.2) is 35.8 Å². The highest BCUT2D eigenvalue weighted by molar-refractivity contribution is 7.09. The normalized spacial score (nSPS) is 12.1. The first-order chi connectivity index (χ1) is 11.7. The smallest absolute Gasteiger partial charge is 0.129 e. The maximum Gasteiger partial charge on any atom is 0.129 e. The van der Waals surface area contributed by atoms with E-state index in [1.54, 1.807) is 18.3 Å². The number of ketones is 1. The average molecular weight is 346 g/mol. The van der Waals surface area contributed by atoms with E-state index < -0.39 is 0 Å². The highest BCUT2D eigenvalue weighted by Gasteiger charge is 2.17. The fraction of sp³-hybridized carbons (Fsp3) is 0.500. The number of ether oxygens (including phenoxy) is 1. The third-order valence-electron chi connectivity index (χ3n) is 4.08. The topological polar surface area (TPSA) is 39.2 Å². The lowest BCUT2D eigenvalue weighted by Crippen LogP contribution is -2.04. The zero-order valence-corrected chi connectivity index (χ0v) is 15.5. The number of nitrogens with zero attached hydrogens (tertiary/aromatic N) is 1. The molecule has 4 heteroatoms. The summed E-state index contributed by atoms with van der Waals surface area (Å²) >= 11 is 1.65. The second-order valence-corrected chi connectivity index (χ2v) is 7.07. The van der Waals surface area contributed by atoms with Crippen LogP contribution in [0.5, 0.6) is 5.75 Å². The molecule has 0 amide bonds. The highest BCUT2D eigenvalue weighted by Crippen LogP contribution is 2.31. The summed E-state index contributed by atoms with van der Waals surface area (Å²) in [6, 6.07) is 8.27. The van der Waals surface area contributed by atoms with Gasteiger partial charge in [0.15, 0.2) is 0 Å². The molecule has 0 bridgehead atoms. The molecule has 1 aromatic carbocycles. The monoisotopic (exact) mass is 345 g/mol. The van der Waals surface area contributed by atoms with Crippen LogP contribution in [-0.2, 0) is 4.79 Å². The van der Waals surface area contributed by atoms with E-state index in [1.165, 1.54) is 24.8 Å². The number of carbonyl (C=O) groups is 1. The van der Waals surface area contributed by atoms with Crippen LogP contribution in [0.4, 0.5) is 0 Å². The lowest BCUT2D eigenvalue weighted by Gasteiger charge is -2.15. The van der Waals surface area contributed by atoms with Crippen LogP contribution in [0, 0.1) is 0 Å². The van der Waals surface area contributed by atoms with Crippen LogP contribution >= 0.6 is 11.3 Å². The summed E-state index contributed by atoms with van der Waals surface area (Å²) in [4.78, 5) is 15.8. The summed E-state index contributed by atoms with van der Waals surface area (Å²) in [6.07, 6.45) is 8.07. The third-order valence-corrected chi connectivity index (χ3v) is 4.97. The Labute approximate surface area is 149 Å². The summed E-state index contributed by atoms with van der Waals surface area (Å²) in [7, 11) is 0. The fourth-order valence-corrected chi connectivity index (χ4v) is 3.50. The molecule has 1 atom stereocenters. The maximum absolute atomic E-state index is 11.4. The number of thiazole rings is 1. The van der Waals surface area contributed by atoms with Gasteiger partial charge in [0.2, 0.25) is 0 Å². The lowest BCUT2D eigenvalue weighted by molar-refractivity contribution is -0.117. The molecule has 0 spiro atoms. The molecular formula is C20H27NO2S. The first kappa shape index (κ1) is 18.7. The molecule has 2 aromatic rings. The van der Waals surface area contributed by atoms with Crippen LogP contribution < -0.4 is 4.74 Å². The van der Waals surface area contributed by atoms with E-state index in [4.69, 9.17) is 4.74 Å². The first-order valence-corrected chi connectivity index (χ1v) is 9.70. The largest absolute Gasteiger partial charge is 0.494 e. The van der Waals surface area contributed by atoms with Crippen molar-refractivity contribution in [3.63, 3.8) is 0 Å². The standard InChI is InChI=1S/C20H27NO2S/c1-3-4-5-6-14-23-18-10-8-17(9-11-18)19(12-7-16(2)22)20-21-13-15-24-20/h8-11,13,15,19H,3-7,12,14H2,1-2H3. The summed E-state index contributed by atoms with van der Waals surface area (Å²) in [5.74, 6) is 1.33. The molecular weight excluding hydrogens is 318 g/mol. The van der Waals surface area contributed by atoms with Crippen molar-refractivity contribution < 1.29 is 9.53 Å². The Bertz CT molecular complexity index is 593. The van der Waals surface area contributed by atoms with Gasteiger partial charge in [0.25, 0.3) is 0 Å². The Morgan fingerprint density at radius 1 is 1.21 bits per heavy atom. The summed E-state index contributed by atoms with van der Waals surface area (Å²) in [6.45, 7) is 4.64. The van der Waals surface area contributed by atoms with E-state index in [2.05, 4.69) is 24.0 Å². The predicted octanol–water partition coefficient (Wildman–Crippen LogP) is 5.60. The molecule has 0 aliphatic heterocycles. The third kappa shape index (κ3) is 6.08. The Balaban J connectivity index is 1.96. The van der Waals surface area contributed by atoms with Crippen molar-refractivity contribution in [2.45, 2.75) is 58.3 Å². The number of hydrogen-bond donors (Lipinski definition) is 0. The number of rotatable bonds is 11. The molecule has 0 saturated heterocycles. The van der Waals surface area contributed by atoms with Gasteiger partial charge < -0.3 is 9.53 Å². The first-order valence-electron chi connectivity index (χ1n) is 8.82. The number of benzene rings is 1. The van der Waals surface area contributed by atoms with Gasteiger partial charge in [0, 0.05) is 23.9 Å². The van der Waals surface area contributed by atoms with Crippen LogP contribution in [-0.4, -0.2) is 17.4 Å². The van der Waals surface area contributed by atoms with Crippen LogP contribution in [0.3, 0.4) is 0 Å². The Kier molecular flexibility index (Phi) is 7.96. The van der Waals surface area contributed by atoms with Gasteiger partial charge in [-0.15, -0.1) is 11.3 Å². The van der Waals surface area contributed by atoms with E-state index >= 15 is 0 Å². The summed E-state index contributed by atoms with van der Waals surface area (Å²) in [5, 5.41) is 3.06. The maximum atomic E-state index is 11.4. The summed E-state index contributed by atoms with van der Waals surface area (Å²) < 4.78 is 5.81. The van der Waals surface area contributed by atoms with Gasteiger partial charge in [-0.25, -0.2) is 4.98 Å². The molecule has 0 radical (unpaired) electrons. The van der Waals surface area contributed by atoms with Gasteiger partial charge in [0.05, 0.1) is 11.6 Å². The Morgan fingerprint density at radius 3 is 2.62 bits per heavy atom. The zero-order valence-electron chi connectivity index (χ0n) is 14.7. The number of unbranched alkanes of at least 4 members (excludes halogenated alkanes) is 3. The van der Waals surface area contributed by atoms with Crippen molar-refractivity contribution in [3.8, 4) is 5.75 Å². The van der Waals surface area contributed by atoms with Gasteiger partial charge >= 0.3 is 0 Å². The minimum absolute atomic E-state index is 0.188. The van der Waals surface area contributed by atoms with Gasteiger partial charge in [-0.2, -0.15) is 0 Å². The second kappa shape index (κ2) is 10.2. The Morgan fingerprint density at radius 2 is 2.00 bits per heavy atom. The van der Waals surface area contributed by atoms with Gasteiger partial charge in [0.1, 0.15) is 11.5 Å². The highest BCUT2D eigenvalue weighted by atomic mass is 32.1. The molecule has 0 aliphatic carbocycles. The van der Waals surface area contributed by atoms with Crippen LogP contribution in [0.1, 0.15) is 68.9 Å². The van der Waals surface area contributed by atoms with Gasteiger partial charge in [-0.05, 0) is 37.5 Å². The molecule has 130 valence electrons. The van der Waals surface area contributed by atoms with E-state index in [-0.39, 0.29) is 11.7 Å². The molecule has 24 heavy (non-hydrogen) atoms. The minimum atomic E-state index is 0.188. The number of carbonyl (C=O) groups excluding carboxylic acids is 1. The number of hydrogen-bond acceptors (Lipinski definition) is 4. The fourth-order valence-electron chi connectivity index (χ4n) is 2.70. The minimum Gasteiger partial charge on any atom is -0.494 e. The molecule has 0 N–H and O–H groups in total.